The number of tetrazole rings is 1. The van der Waals surface area contributed by atoms with Crippen LogP contribution in [0.3, 0.4) is 0 Å². The van der Waals surface area contributed by atoms with Gasteiger partial charge in [0.05, 0.1) is 12.1 Å². The van der Waals surface area contributed by atoms with Gasteiger partial charge in [0, 0.05) is 25.3 Å². The van der Waals surface area contributed by atoms with Crippen LogP contribution in [0.2, 0.25) is 0 Å². The van der Waals surface area contributed by atoms with E-state index in [2.05, 4.69) is 33.1 Å². The van der Waals surface area contributed by atoms with Crippen molar-refractivity contribution >= 4 is 0 Å². The van der Waals surface area contributed by atoms with Crippen molar-refractivity contribution in [3.8, 4) is 0 Å². The van der Waals surface area contributed by atoms with Crippen LogP contribution in [0.1, 0.15) is 49.2 Å². The average Bonchev–Trinajstić information content (AvgIpc) is 3.35. The Morgan fingerprint density at radius 2 is 1.82 bits per heavy atom. The highest BCUT2D eigenvalue weighted by molar-refractivity contribution is 5.26. The molecule has 1 fully saturated rings. The van der Waals surface area contributed by atoms with Crippen molar-refractivity contribution in [3.63, 3.8) is 0 Å². The minimum absolute atomic E-state index is 0.221. The maximum Gasteiger partial charge on any atom is 0.453 e. The summed E-state index contributed by atoms with van der Waals surface area (Å²) in [4.78, 5) is 0. The number of piperidine rings is 1. The molecular weight excluding hydrogens is 445 g/mol. The first kappa shape index (κ1) is 24.3. The summed E-state index contributed by atoms with van der Waals surface area (Å²) in [6.45, 7) is 3.36. The minimum atomic E-state index is -4.64. The number of halogens is 3. The third-order valence-corrected chi connectivity index (χ3v) is 6.12. The van der Waals surface area contributed by atoms with Gasteiger partial charge in [-0.1, -0.05) is 74.0 Å². The van der Waals surface area contributed by atoms with Crippen molar-refractivity contribution in [2.24, 2.45) is 0 Å². The van der Waals surface area contributed by atoms with Gasteiger partial charge in [-0.25, -0.2) is 4.68 Å². The van der Waals surface area contributed by atoms with Gasteiger partial charge in [0.15, 0.2) is 5.72 Å². The lowest BCUT2D eigenvalue weighted by Crippen LogP contribution is -2.64. The predicted octanol–water partition coefficient (Wildman–Crippen LogP) is 4.05. The van der Waals surface area contributed by atoms with Gasteiger partial charge in [-0.05, 0) is 28.8 Å². The van der Waals surface area contributed by atoms with E-state index >= 15 is 0 Å². The molecule has 34 heavy (non-hydrogen) atoms. The predicted molar refractivity (Wildman–Crippen MR) is 121 cm³/mol. The number of hydrogen-bond acceptors (Lipinski definition) is 6. The van der Waals surface area contributed by atoms with Crippen LogP contribution in [0.15, 0.2) is 60.7 Å². The van der Waals surface area contributed by atoms with E-state index in [-0.39, 0.29) is 12.6 Å². The third kappa shape index (κ3) is 5.29. The van der Waals surface area contributed by atoms with E-state index < -0.39 is 23.8 Å². The molecule has 1 aliphatic rings. The summed E-state index contributed by atoms with van der Waals surface area (Å²) in [7, 11) is 0. The summed E-state index contributed by atoms with van der Waals surface area (Å²) in [6.07, 6.45) is -2.46. The standard InChI is InChI=1S/C24H29F3N6O/c1-2-3-14-34-23(19-12-8-5-9-13-19)21(28-16-18-10-6-4-7-11-18)15-20(17-29-23)33-22(24(25,26)27)30-31-32-33/h4-13,20-21,28-29H,2-3,14-17H2,1H3/t20?,21-,23-/m0/s1. The summed E-state index contributed by atoms with van der Waals surface area (Å²) in [6, 6.07) is 18.7. The number of alkyl halides is 3. The molecule has 1 aromatic heterocycles. The summed E-state index contributed by atoms with van der Waals surface area (Å²) < 4.78 is 47.9. The highest BCUT2D eigenvalue weighted by Crippen LogP contribution is 2.37. The van der Waals surface area contributed by atoms with E-state index in [1.165, 1.54) is 0 Å². The number of hydrogen-bond donors (Lipinski definition) is 2. The second kappa shape index (κ2) is 10.6. The Bertz CT molecular complexity index is 1030. The zero-order chi connectivity index (χ0) is 24.0. The monoisotopic (exact) mass is 474 g/mol. The van der Waals surface area contributed by atoms with Crippen molar-refractivity contribution in [1.82, 2.24) is 30.8 Å². The van der Waals surface area contributed by atoms with E-state index in [4.69, 9.17) is 4.74 Å². The molecular formula is C24H29F3N6O. The largest absolute Gasteiger partial charge is 0.453 e. The lowest BCUT2D eigenvalue weighted by Gasteiger charge is -2.47. The Hall–Kier alpha value is -2.82. The quantitative estimate of drug-likeness (QED) is 0.456. The minimum Gasteiger partial charge on any atom is -0.355 e. The van der Waals surface area contributed by atoms with Gasteiger partial charge in [0.25, 0.3) is 5.82 Å². The van der Waals surface area contributed by atoms with Crippen LogP contribution in [-0.4, -0.2) is 39.4 Å². The second-order valence-electron chi connectivity index (χ2n) is 8.44. The molecule has 0 aliphatic carbocycles. The van der Waals surface area contributed by atoms with Gasteiger partial charge >= 0.3 is 6.18 Å². The number of benzene rings is 2. The van der Waals surface area contributed by atoms with Gasteiger partial charge in [-0.2, -0.15) is 13.2 Å². The Morgan fingerprint density at radius 1 is 1.12 bits per heavy atom. The highest BCUT2D eigenvalue weighted by atomic mass is 19.4. The van der Waals surface area contributed by atoms with Crippen LogP contribution in [0.25, 0.3) is 0 Å². The molecule has 1 aliphatic heterocycles. The number of nitrogens with one attached hydrogen (secondary N) is 2. The smallest absolute Gasteiger partial charge is 0.355 e. The summed E-state index contributed by atoms with van der Waals surface area (Å²) in [5.41, 5.74) is 1.08. The molecule has 0 amide bonds. The summed E-state index contributed by atoms with van der Waals surface area (Å²) >= 11 is 0. The Balaban J connectivity index is 1.67. The molecule has 2 heterocycles. The number of rotatable bonds is 9. The first-order valence-corrected chi connectivity index (χ1v) is 11.5. The zero-order valence-corrected chi connectivity index (χ0v) is 19.0. The average molecular weight is 475 g/mol. The number of aromatic nitrogens is 4. The fraction of sp³-hybridized carbons (Fsp3) is 0.458. The lowest BCUT2D eigenvalue weighted by atomic mass is 9.85. The maximum absolute atomic E-state index is 13.5. The fourth-order valence-corrected chi connectivity index (χ4v) is 4.39. The number of ether oxygens (including phenoxy) is 1. The van der Waals surface area contributed by atoms with Crippen LogP contribution in [0.5, 0.6) is 0 Å². The molecule has 182 valence electrons. The van der Waals surface area contributed by atoms with Crippen LogP contribution in [0.4, 0.5) is 13.2 Å². The number of nitrogens with zero attached hydrogens (tertiary/aromatic N) is 4. The Kier molecular flexibility index (Phi) is 7.60. The van der Waals surface area contributed by atoms with Gasteiger partial charge in [0.2, 0.25) is 0 Å². The Labute approximate surface area is 196 Å². The molecule has 4 rings (SSSR count). The van der Waals surface area contributed by atoms with Crippen LogP contribution in [0, 0.1) is 0 Å². The molecule has 1 saturated heterocycles. The molecule has 0 bridgehead atoms. The number of unbranched alkanes of at least 4 members (excludes halogenated alkanes) is 1. The summed E-state index contributed by atoms with van der Waals surface area (Å²) in [5, 5.41) is 17.2. The van der Waals surface area contributed by atoms with E-state index in [0.29, 0.717) is 19.6 Å². The van der Waals surface area contributed by atoms with Crippen molar-refractivity contribution in [1.29, 1.82) is 0 Å². The lowest BCUT2D eigenvalue weighted by molar-refractivity contribution is -0.152. The zero-order valence-electron chi connectivity index (χ0n) is 19.0. The van der Waals surface area contributed by atoms with Crippen molar-refractivity contribution in [3.05, 3.63) is 77.6 Å². The summed E-state index contributed by atoms with van der Waals surface area (Å²) in [5.74, 6) is -1.10. The normalized spacial score (nSPS) is 23.2. The fourth-order valence-electron chi connectivity index (χ4n) is 4.39. The van der Waals surface area contributed by atoms with Gasteiger partial charge in [-0.15, -0.1) is 5.10 Å². The highest BCUT2D eigenvalue weighted by Gasteiger charge is 2.48. The van der Waals surface area contributed by atoms with Crippen LogP contribution >= 0.6 is 0 Å². The van der Waals surface area contributed by atoms with E-state index in [1.807, 2.05) is 60.7 Å². The SMILES string of the molecule is CCCCO[C@]1(c2ccccc2)NCC(n2nnnc2C(F)(F)F)C[C@@H]1NCc1ccccc1. The van der Waals surface area contributed by atoms with Crippen LogP contribution in [-0.2, 0) is 23.2 Å². The van der Waals surface area contributed by atoms with Gasteiger partial charge in [0.1, 0.15) is 0 Å². The van der Waals surface area contributed by atoms with Crippen LogP contribution < -0.4 is 10.6 Å². The first-order chi connectivity index (χ1) is 16.4. The molecule has 3 atom stereocenters. The maximum atomic E-state index is 13.5. The molecule has 3 aromatic rings. The third-order valence-electron chi connectivity index (χ3n) is 6.12. The van der Waals surface area contributed by atoms with Crippen molar-refractivity contribution in [2.75, 3.05) is 13.2 Å². The first-order valence-electron chi connectivity index (χ1n) is 11.5. The molecule has 10 heteroatoms. The molecule has 1 unspecified atom stereocenters. The van der Waals surface area contributed by atoms with Crippen molar-refractivity contribution < 1.29 is 17.9 Å². The molecule has 2 aromatic carbocycles. The van der Waals surface area contributed by atoms with Gasteiger partial charge < -0.3 is 10.1 Å². The topological polar surface area (TPSA) is 76.9 Å². The Morgan fingerprint density at radius 3 is 2.50 bits per heavy atom. The van der Waals surface area contributed by atoms with Gasteiger partial charge in [-0.3, -0.25) is 5.32 Å². The molecule has 0 spiro atoms. The second-order valence-corrected chi connectivity index (χ2v) is 8.44. The van der Waals surface area contributed by atoms with E-state index in [9.17, 15) is 13.2 Å². The van der Waals surface area contributed by atoms with Crippen molar-refractivity contribution in [2.45, 2.75) is 56.7 Å². The van der Waals surface area contributed by atoms with E-state index in [1.54, 1.807) is 0 Å². The molecule has 0 saturated carbocycles. The molecule has 2 N–H and O–H groups in total. The van der Waals surface area contributed by atoms with E-state index in [0.717, 1.165) is 28.7 Å². The molecule has 0 radical (unpaired) electrons. The molecule has 7 nitrogen and oxygen atoms in total.